The van der Waals surface area contributed by atoms with Gasteiger partial charge < -0.3 is 5.32 Å². The second-order valence-electron chi connectivity index (χ2n) is 4.24. The van der Waals surface area contributed by atoms with Crippen LogP contribution in [0.25, 0.3) is 0 Å². The fourth-order valence-electron chi connectivity index (χ4n) is 1.21. The fraction of sp³-hybridized carbons (Fsp3) is 0.909. The summed E-state index contributed by atoms with van der Waals surface area (Å²) in [7, 11) is 0. The van der Waals surface area contributed by atoms with Crippen molar-refractivity contribution in [3.63, 3.8) is 0 Å². The van der Waals surface area contributed by atoms with E-state index in [9.17, 15) is 4.79 Å². The molecule has 2 nitrogen and oxygen atoms in total. The van der Waals surface area contributed by atoms with Crippen LogP contribution in [0.15, 0.2) is 0 Å². The lowest BCUT2D eigenvalue weighted by atomic mass is 10.1. The number of hydrogen-bond acceptors (Lipinski definition) is 2. The minimum absolute atomic E-state index is 0.0620. The molecule has 0 aliphatic rings. The van der Waals surface area contributed by atoms with E-state index in [1.54, 1.807) is 0 Å². The number of carbonyl (C=O) groups is 1. The lowest BCUT2D eigenvalue weighted by molar-refractivity contribution is -0.121. The van der Waals surface area contributed by atoms with Crippen molar-refractivity contribution in [2.45, 2.75) is 58.2 Å². The van der Waals surface area contributed by atoms with Gasteiger partial charge in [-0.1, -0.05) is 33.6 Å². The number of carbonyl (C=O) groups excluding carboxylic acids is 1. The standard InChI is InChI=1S/C11H23NOS/c1-5-6-7-9(4)12-11(13)10(14)8(2)3/h8-10,14H,5-7H2,1-4H3,(H,12,13). The molecule has 0 saturated carbocycles. The maximum Gasteiger partial charge on any atom is 0.233 e. The summed E-state index contributed by atoms with van der Waals surface area (Å²) in [4.78, 5) is 11.6. The van der Waals surface area contributed by atoms with Crippen molar-refractivity contribution in [3.8, 4) is 0 Å². The van der Waals surface area contributed by atoms with E-state index in [4.69, 9.17) is 0 Å². The Bertz CT molecular complexity index is 171. The first-order valence-corrected chi connectivity index (χ1v) is 5.99. The molecule has 0 saturated heterocycles. The molecule has 3 heteroatoms. The van der Waals surface area contributed by atoms with Gasteiger partial charge in [0, 0.05) is 6.04 Å². The Morgan fingerprint density at radius 1 is 1.36 bits per heavy atom. The minimum Gasteiger partial charge on any atom is -0.353 e. The van der Waals surface area contributed by atoms with Gasteiger partial charge in [-0.05, 0) is 19.3 Å². The van der Waals surface area contributed by atoms with Gasteiger partial charge >= 0.3 is 0 Å². The minimum atomic E-state index is -0.181. The number of unbranched alkanes of at least 4 members (excludes halogenated alkanes) is 1. The highest BCUT2D eigenvalue weighted by Crippen LogP contribution is 2.09. The molecule has 1 N–H and O–H groups in total. The summed E-state index contributed by atoms with van der Waals surface area (Å²) in [6.45, 7) is 8.22. The summed E-state index contributed by atoms with van der Waals surface area (Å²) < 4.78 is 0. The van der Waals surface area contributed by atoms with Gasteiger partial charge in [0.2, 0.25) is 5.91 Å². The molecule has 0 fully saturated rings. The van der Waals surface area contributed by atoms with E-state index in [2.05, 4.69) is 24.9 Å². The number of thiol groups is 1. The van der Waals surface area contributed by atoms with Crippen LogP contribution in [0, 0.1) is 5.92 Å². The second kappa shape index (κ2) is 7.16. The van der Waals surface area contributed by atoms with E-state index >= 15 is 0 Å². The Morgan fingerprint density at radius 3 is 2.36 bits per heavy atom. The van der Waals surface area contributed by atoms with Crippen molar-refractivity contribution in [1.82, 2.24) is 5.32 Å². The average Bonchev–Trinajstić information content (AvgIpc) is 2.13. The Kier molecular flexibility index (Phi) is 7.06. The van der Waals surface area contributed by atoms with Gasteiger partial charge in [-0.3, -0.25) is 4.79 Å². The van der Waals surface area contributed by atoms with Crippen molar-refractivity contribution < 1.29 is 4.79 Å². The number of amides is 1. The summed E-state index contributed by atoms with van der Waals surface area (Å²) >= 11 is 4.27. The van der Waals surface area contributed by atoms with E-state index in [1.165, 1.54) is 12.8 Å². The van der Waals surface area contributed by atoms with Crippen LogP contribution in [-0.4, -0.2) is 17.2 Å². The van der Waals surface area contributed by atoms with Crippen molar-refractivity contribution in [2.24, 2.45) is 5.92 Å². The molecule has 2 atom stereocenters. The van der Waals surface area contributed by atoms with Crippen LogP contribution in [0.5, 0.6) is 0 Å². The predicted molar refractivity (Wildman–Crippen MR) is 64.7 cm³/mol. The zero-order chi connectivity index (χ0) is 11.1. The Labute approximate surface area is 93.3 Å². The number of hydrogen-bond donors (Lipinski definition) is 2. The molecule has 0 aromatic rings. The normalized spacial score (nSPS) is 15.3. The summed E-state index contributed by atoms with van der Waals surface area (Å²) in [5.74, 6) is 0.351. The van der Waals surface area contributed by atoms with E-state index < -0.39 is 0 Å². The maximum absolute atomic E-state index is 11.6. The smallest absolute Gasteiger partial charge is 0.233 e. The molecule has 84 valence electrons. The van der Waals surface area contributed by atoms with E-state index in [0.29, 0.717) is 0 Å². The van der Waals surface area contributed by atoms with E-state index in [0.717, 1.165) is 6.42 Å². The molecule has 0 radical (unpaired) electrons. The van der Waals surface area contributed by atoms with Crippen LogP contribution < -0.4 is 5.32 Å². The highest BCUT2D eigenvalue weighted by molar-refractivity contribution is 7.81. The lowest BCUT2D eigenvalue weighted by Gasteiger charge is -2.18. The molecule has 2 unspecified atom stereocenters. The molecule has 1 amide bonds. The summed E-state index contributed by atoms with van der Waals surface area (Å²) in [6.07, 6.45) is 3.40. The monoisotopic (exact) mass is 217 g/mol. The molecular weight excluding hydrogens is 194 g/mol. The third kappa shape index (κ3) is 5.53. The average molecular weight is 217 g/mol. The predicted octanol–water partition coefficient (Wildman–Crippen LogP) is 2.64. The number of nitrogens with one attached hydrogen (secondary N) is 1. The van der Waals surface area contributed by atoms with Crippen molar-refractivity contribution in [1.29, 1.82) is 0 Å². The van der Waals surface area contributed by atoms with Gasteiger partial charge in [0.05, 0.1) is 5.25 Å². The van der Waals surface area contributed by atoms with Crippen LogP contribution >= 0.6 is 12.6 Å². The Morgan fingerprint density at radius 2 is 1.93 bits per heavy atom. The quantitative estimate of drug-likeness (QED) is 0.658. The molecule has 0 aliphatic carbocycles. The van der Waals surface area contributed by atoms with Crippen LogP contribution in [0.2, 0.25) is 0 Å². The Hall–Kier alpha value is -0.180. The molecule has 0 aliphatic heterocycles. The zero-order valence-electron chi connectivity index (χ0n) is 9.71. The van der Waals surface area contributed by atoms with Crippen LogP contribution in [0.1, 0.15) is 47.0 Å². The Balaban J connectivity index is 3.81. The maximum atomic E-state index is 11.6. The molecule has 0 rings (SSSR count). The van der Waals surface area contributed by atoms with Crippen molar-refractivity contribution in [3.05, 3.63) is 0 Å². The van der Waals surface area contributed by atoms with Gasteiger partial charge in [0.25, 0.3) is 0 Å². The molecule has 0 spiro atoms. The van der Waals surface area contributed by atoms with Gasteiger partial charge in [0.1, 0.15) is 0 Å². The molecular formula is C11H23NOS. The van der Waals surface area contributed by atoms with Gasteiger partial charge in [-0.25, -0.2) is 0 Å². The second-order valence-corrected chi connectivity index (χ2v) is 4.80. The van der Waals surface area contributed by atoms with Gasteiger partial charge in [-0.2, -0.15) is 12.6 Å². The first kappa shape index (κ1) is 13.8. The van der Waals surface area contributed by atoms with Crippen LogP contribution in [0.3, 0.4) is 0 Å². The summed E-state index contributed by atoms with van der Waals surface area (Å²) in [6, 6.07) is 0.274. The molecule has 0 heterocycles. The van der Waals surface area contributed by atoms with Crippen molar-refractivity contribution in [2.75, 3.05) is 0 Å². The summed E-state index contributed by atoms with van der Waals surface area (Å²) in [5, 5.41) is 2.80. The third-order valence-electron chi connectivity index (χ3n) is 2.28. The van der Waals surface area contributed by atoms with Gasteiger partial charge in [-0.15, -0.1) is 0 Å². The van der Waals surface area contributed by atoms with E-state index in [-0.39, 0.29) is 23.1 Å². The zero-order valence-corrected chi connectivity index (χ0v) is 10.6. The van der Waals surface area contributed by atoms with Crippen LogP contribution in [-0.2, 0) is 4.79 Å². The highest BCUT2D eigenvalue weighted by atomic mass is 32.1. The molecule has 0 aromatic carbocycles. The molecule has 14 heavy (non-hydrogen) atoms. The van der Waals surface area contributed by atoms with E-state index in [1.807, 2.05) is 20.8 Å². The largest absolute Gasteiger partial charge is 0.353 e. The number of rotatable bonds is 6. The first-order chi connectivity index (χ1) is 6.49. The van der Waals surface area contributed by atoms with Crippen LogP contribution in [0.4, 0.5) is 0 Å². The first-order valence-electron chi connectivity index (χ1n) is 5.47. The SMILES string of the molecule is CCCCC(C)NC(=O)C(S)C(C)C. The van der Waals surface area contributed by atoms with Crippen molar-refractivity contribution >= 4 is 18.5 Å². The lowest BCUT2D eigenvalue weighted by Crippen LogP contribution is -2.39. The molecule has 0 aromatic heterocycles. The fourth-order valence-corrected chi connectivity index (χ4v) is 1.29. The molecule has 0 bridgehead atoms. The highest BCUT2D eigenvalue weighted by Gasteiger charge is 2.18. The third-order valence-corrected chi connectivity index (χ3v) is 3.11. The van der Waals surface area contributed by atoms with Gasteiger partial charge in [0.15, 0.2) is 0 Å². The summed E-state index contributed by atoms with van der Waals surface area (Å²) in [5.41, 5.74) is 0. The topological polar surface area (TPSA) is 29.1 Å².